The van der Waals surface area contributed by atoms with E-state index in [1.165, 1.54) is 6.42 Å². The molecular formula is C17H18ClN5O2. The average molecular weight is 360 g/mol. The van der Waals surface area contributed by atoms with Crippen molar-refractivity contribution >= 4 is 35.5 Å². The summed E-state index contributed by atoms with van der Waals surface area (Å²) in [6, 6.07) is 5.33. The predicted molar refractivity (Wildman–Crippen MR) is 96.0 cm³/mol. The van der Waals surface area contributed by atoms with Gasteiger partial charge in [0.05, 0.1) is 5.57 Å². The molecule has 130 valence electrons. The summed E-state index contributed by atoms with van der Waals surface area (Å²) >= 11 is 6.00. The molecule has 1 fully saturated rings. The topological polar surface area (TPSA) is 83.1 Å². The van der Waals surface area contributed by atoms with Crippen molar-refractivity contribution in [2.24, 2.45) is 0 Å². The summed E-state index contributed by atoms with van der Waals surface area (Å²) in [7, 11) is 0. The van der Waals surface area contributed by atoms with Crippen LogP contribution in [0.25, 0.3) is 6.08 Å². The zero-order chi connectivity index (χ0) is 17.2. The van der Waals surface area contributed by atoms with Crippen LogP contribution in [-0.4, -0.2) is 40.8 Å². The molecule has 1 saturated heterocycles. The minimum absolute atomic E-state index is 0.202. The van der Waals surface area contributed by atoms with Crippen molar-refractivity contribution < 1.29 is 9.53 Å². The van der Waals surface area contributed by atoms with Gasteiger partial charge in [-0.2, -0.15) is 4.98 Å². The fourth-order valence-corrected chi connectivity index (χ4v) is 3.19. The second-order valence-corrected chi connectivity index (χ2v) is 6.56. The summed E-state index contributed by atoms with van der Waals surface area (Å²) in [6.45, 7) is 2.09. The van der Waals surface area contributed by atoms with E-state index in [4.69, 9.17) is 16.3 Å². The van der Waals surface area contributed by atoms with E-state index < -0.39 is 0 Å². The smallest absolute Gasteiger partial charge is 0.257 e. The van der Waals surface area contributed by atoms with Gasteiger partial charge in [-0.15, -0.1) is 5.10 Å². The van der Waals surface area contributed by atoms with E-state index in [1.54, 1.807) is 24.3 Å². The number of fused-ring (bicyclic) bond motifs is 1. The molecule has 4 rings (SSSR count). The number of piperidine rings is 1. The maximum absolute atomic E-state index is 12.5. The molecule has 0 bridgehead atoms. The van der Waals surface area contributed by atoms with Crippen molar-refractivity contribution in [3.8, 4) is 5.75 Å². The standard InChI is InChI=1S/C17H18ClN5O2/c18-13-4-5-14-11(9-13)8-12(10-25-14)15(24)19-16-20-17(22-21-16)23-6-2-1-3-7-23/h4-5,8-9H,1-3,6-7,10H2,(H2,19,20,21,22,24). The Labute approximate surface area is 150 Å². The predicted octanol–water partition coefficient (Wildman–Crippen LogP) is 2.86. The quantitative estimate of drug-likeness (QED) is 0.880. The Balaban J connectivity index is 1.46. The number of nitrogens with one attached hydrogen (secondary N) is 2. The van der Waals surface area contributed by atoms with Gasteiger partial charge in [0.25, 0.3) is 5.91 Å². The number of ether oxygens (including phenoxy) is 1. The van der Waals surface area contributed by atoms with Crippen molar-refractivity contribution in [2.75, 3.05) is 29.9 Å². The fraction of sp³-hybridized carbons (Fsp3) is 0.353. The second-order valence-electron chi connectivity index (χ2n) is 6.13. The lowest BCUT2D eigenvalue weighted by Gasteiger charge is -2.24. The van der Waals surface area contributed by atoms with Crippen LogP contribution >= 0.6 is 11.6 Å². The van der Waals surface area contributed by atoms with Gasteiger partial charge in [0.15, 0.2) is 0 Å². The third kappa shape index (κ3) is 3.46. The number of H-pyrrole nitrogens is 1. The van der Waals surface area contributed by atoms with Crippen LogP contribution in [0.2, 0.25) is 5.02 Å². The van der Waals surface area contributed by atoms with Gasteiger partial charge in [-0.3, -0.25) is 10.1 Å². The third-order valence-electron chi connectivity index (χ3n) is 4.32. The van der Waals surface area contributed by atoms with Gasteiger partial charge >= 0.3 is 0 Å². The summed E-state index contributed by atoms with van der Waals surface area (Å²) in [5.74, 6) is 1.41. The molecule has 7 nitrogen and oxygen atoms in total. The monoisotopic (exact) mass is 359 g/mol. The SMILES string of the molecule is O=C(Nc1nc(N2CCCCC2)n[nH]1)C1=Cc2cc(Cl)ccc2OC1. The third-order valence-corrected chi connectivity index (χ3v) is 4.56. The van der Waals surface area contributed by atoms with E-state index in [1.807, 2.05) is 0 Å². The number of aromatic amines is 1. The highest BCUT2D eigenvalue weighted by atomic mass is 35.5. The number of aromatic nitrogens is 3. The molecular weight excluding hydrogens is 342 g/mol. The van der Waals surface area contributed by atoms with E-state index >= 15 is 0 Å². The van der Waals surface area contributed by atoms with E-state index in [-0.39, 0.29) is 12.5 Å². The van der Waals surface area contributed by atoms with E-state index in [9.17, 15) is 4.79 Å². The van der Waals surface area contributed by atoms with Gasteiger partial charge < -0.3 is 9.64 Å². The molecule has 2 aliphatic heterocycles. The number of halogens is 1. The first-order chi connectivity index (χ1) is 12.2. The normalized spacial score (nSPS) is 16.7. The second kappa shape index (κ2) is 6.76. The van der Waals surface area contributed by atoms with Crippen molar-refractivity contribution in [1.82, 2.24) is 15.2 Å². The van der Waals surface area contributed by atoms with Crippen molar-refractivity contribution in [1.29, 1.82) is 0 Å². The number of carbonyl (C=O) groups is 1. The van der Waals surface area contributed by atoms with Crippen LogP contribution < -0.4 is 15.0 Å². The highest BCUT2D eigenvalue weighted by Crippen LogP contribution is 2.29. The van der Waals surface area contributed by atoms with Crippen molar-refractivity contribution in [3.63, 3.8) is 0 Å². The van der Waals surface area contributed by atoms with E-state index in [2.05, 4.69) is 25.4 Å². The van der Waals surface area contributed by atoms with Crippen molar-refractivity contribution in [3.05, 3.63) is 34.4 Å². The van der Waals surface area contributed by atoms with Crippen LogP contribution in [-0.2, 0) is 4.79 Å². The van der Waals surface area contributed by atoms with Gasteiger partial charge in [-0.05, 0) is 43.5 Å². The average Bonchev–Trinajstić information content (AvgIpc) is 3.10. The molecule has 3 heterocycles. The maximum Gasteiger partial charge on any atom is 0.257 e. The fourth-order valence-electron chi connectivity index (χ4n) is 3.01. The summed E-state index contributed by atoms with van der Waals surface area (Å²) in [6.07, 6.45) is 5.30. The molecule has 0 radical (unpaired) electrons. The van der Waals surface area contributed by atoms with Crippen LogP contribution in [0.15, 0.2) is 23.8 Å². The Bertz CT molecular complexity index is 826. The Morgan fingerprint density at radius 3 is 2.96 bits per heavy atom. The molecule has 2 aromatic rings. The molecule has 0 spiro atoms. The van der Waals surface area contributed by atoms with Gasteiger partial charge in [-0.25, -0.2) is 5.10 Å². The van der Waals surface area contributed by atoms with Crippen LogP contribution in [0.4, 0.5) is 11.9 Å². The molecule has 1 aromatic carbocycles. The Morgan fingerprint density at radius 2 is 2.12 bits per heavy atom. The van der Waals surface area contributed by atoms with Crippen LogP contribution in [0.3, 0.4) is 0 Å². The molecule has 0 aliphatic carbocycles. The van der Waals surface area contributed by atoms with Gasteiger partial charge in [0.2, 0.25) is 11.9 Å². The van der Waals surface area contributed by atoms with E-state index in [0.29, 0.717) is 28.2 Å². The largest absolute Gasteiger partial charge is 0.488 e. The first-order valence-corrected chi connectivity index (χ1v) is 8.68. The number of amides is 1. The van der Waals surface area contributed by atoms with Gasteiger partial charge in [0.1, 0.15) is 12.4 Å². The number of benzene rings is 1. The number of rotatable bonds is 3. The summed E-state index contributed by atoms with van der Waals surface area (Å²) in [5, 5.41) is 10.3. The highest BCUT2D eigenvalue weighted by Gasteiger charge is 2.20. The van der Waals surface area contributed by atoms with Crippen molar-refractivity contribution in [2.45, 2.75) is 19.3 Å². The van der Waals surface area contributed by atoms with Crippen LogP contribution in [0.1, 0.15) is 24.8 Å². The zero-order valence-electron chi connectivity index (χ0n) is 13.6. The number of nitrogens with zero attached hydrogens (tertiary/aromatic N) is 3. The summed E-state index contributed by atoms with van der Waals surface area (Å²) in [4.78, 5) is 18.9. The lowest BCUT2D eigenvalue weighted by Crippen LogP contribution is -2.30. The Kier molecular flexibility index (Phi) is 4.31. The number of anilines is 2. The molecule has 0 unspecified atom stereocenters. The van der Waals surface area contributed by atoms with E-state index in [0.717, 1.165) is 31.5 Å². The van der Waals surface area contributed by atoms with Crippen LogP contribution in [0, 0.1) is 0 Å². The minimum atomic E-state index is -0.271. The number of hydrogen-bond acceptors (Lipinski definition) is 5. The number of carbonyl (C=O) groups excluding carboxylic acids is 1. The molecule has 0 saturated carbocycles. The van der Waals surface area contributed by atoms with Gasteiger partial charge in [-0.1, -0.05) is 11.6 Å². The molecule has 25 heavy (non-hydrogen) atoms. The Morgan fingerprint density at radius 1 is 1.28 bits per heavy atom. The molecule has 0 atom stereocenters. The number of hydrogen-bond donors (Lipinski definition) is 2. The molecule has 1 aromatic heterocycles. The molecule has 2 aliphatic rings. The molecule has 8 heteroatoms. The lowest BCUT2D eigenvalue weighted by molar-refractivity contribution is -0.113. The minimum Gasteiger partial charge on any atom is -0.488 e. The summed E-state index contributed by atoms with van der Waals surface area (Å²) < 4.78 is 5.61. The molecule has 1 amide bonds. The highest BCUT2D eigenvalue weighted by molar-refractivity contribution is 6.30. The van der Waals surface area contributed by atoms with Crippen LogP contribution in [0.5, 0.6) is 5.75 Å². The zero-order valence-corrected chi connectivity index (χ0v) is 14.3. The lowest BCUT2D eigenvalue weighted by atomic mass is 10.1. The van der Waals surface area contributed by atoms with Gasteiger partial charge in [0, 0.05) is 23.7 Å². The maximum atomic E-state index is 12.5. The summed E-state index contributed by atoms with van der Waals surface area (Å²) in [5.41, 5.74) is 1.29. The Hall–Kier alpha value is -2.54. The first-order valence-electron chi connectivity index (χ1n) is 8.31. The molecule has 2 N–H and O–H groups in total. The first kappa shape index (κ1) is 16.0.